The minimum atomic E-state index is -3.12. The minimum absolute atomic E-state index is 0.133. The summed E-state index contributed by atoms with van der Waals surface area (Å²) < 4.78 is 26.3. The zero-order valence-electron chi connectivity index (χ0n) is 8.64. The molecule has 1 aromatic rings. The quantitative estimate of drug-likeness (QED) is 0.892. The Morgan fingerprint density at radius 2 is 2.18 bits per heavy atom. The number of rotatable bonds is 4. The first-order valence-corrected chi connectivity index (χ1v) is 5.84. The van der Waals surface area contributed by atoms with Crippen LogP contribution in [-0.4, -0.2) is 24.9 Å². The van der Waals surface area contributed by atoms with Gasteiger partial charge >= 0.3 is 0 Å². The van der Waals surface area contributed by atoms with Crippen LogP contribution in [-0.2, 0) is 0 Å². The van der Waals surface area contributed by atoms with Crippen molar-refractivity contribution in [2.75, 3.05) is 13.1 Å². The Bertz CT molecular complexity index is 429. The second-order valence-corrected chi connectivity index (χ2v) is 4.69. The zero-order valence-corrected chi connectivity index (χ0v) is 11.0. The first-order chi connectivity index (χ1) is 7.85. The lowest BCUT2D eigenvalue weighted by molar-refractivity contribution is 0.0118. The predicted octanol–water partition coefficient (Wildman–Crippen LogP) is 2.43. The van der Waals surface area contributed by atoms with E-state index in [0.29, 0.717) is 4.47 Å². The first kappa shape index (κ1) is 14.3. The lowest BCUT2D eigenvalue weighted by atomic mass is 10.2. The van der Waals surface area contributed by atoms with E-state index in [1.807, 2.05) is 0 Å². The SMILES string of the molecule is NCC(F)(F)CNC(=O)c1cc(Br)ccc1Cl. The highest BCUT2D eigenvalue weighted by Crippen LogP contribution is 2.21. The first-order valence-electron chi connectivity index (χ1n) is 4.67. The number of benzene rings is 1. The van der Waals surface area contributed by atoms with Gasteiger partial charge in [-0.1, -0.05) is 27.5 Å². The number of nitrogens with two attached hydrogens (primary N) is 1. The number of carbonyl (C=O) groups excluding carboxylic acids is 1. The Balaban J connectivity index is 2.74. The van der Waals surface area contributed by atoms with Gasteiger partial charge in [-0.15, -0.1) is 0 Å². The molecular weight excluding hydrogens is 317 g/mol. The fraction of sp³-hybridized carbons (Fsp3) is 0.300. The summed E-state index contributed by atoms with van der Waals surface area (Å²) in [6, 6.07) is 4.60. The van der Waals surface area contributed by atoms with Crippen LogP contribution in [0.15, 0.2) is 22.7 Å². The van der Waals surface area contributed by atoms with Crippen molar-refractivity contribution in [1.29, 1.82) is 0 Å². The van der Waals surface area contributed by atoms with Crippen molar-refractivity contribution in [2.24, 2.45) is 5.73 Å². The van der Waals surface area contributed by atoms with Crippen LogP contribution in [0.3, 0.4) is 0 Å². The molecule has 0 atom stereocenters. The van der Waals surface area contributed by atoms with Gasteiger partial charge in [0.15, 0.2) is 0 Å². The standard InChI is InChI=1S/C10H10BrClF2N2O/c11-6-1-2-8(12)7(3-6)9(17)16-5-10(13,14)4-15/h1-3H,4-5,15H2,(H,16,17). The lowest BCUT2D eigenvalue weighted by Gasteiger charge is -2.14. The highest BCUT2D eigenvalue weighted by atomic mass is 79.9. The number of halogens is 4. The Hall–Kier alpha value is -0.720. The third-order valence-corrected chi connectivity index (χ3v) is 2.80. The summed E-state index contributed by atoms with van der Waals surface area (Å²) in [5.41, 5.74) is 4.98. The maximum atomic E-state index is 12.8. The van der Waals surface area contributed by atoms with Crippen LogP contribution in [0, 0.1) is 0 Å². The molecule has 1 amide bonds. The molecule has 1 aromatic carbocycles. The van der Waals surface area contributed by atoms with E-state index in [0.717, 1.165) is 0 Å². The Kier molecular flexibility index (Phi) is 4.85. The second-order valence-electron chi connectivity index (χ2n) is 3.37. The Labute approximate surface area is 110 Å². The number of amides is 1. The lowest BCUT2D eigenvalue weighted by Crippen LogP contribution is -2.41. The molecule has 0 saturated carbocycles. The average Bonchev–Trinajstić information content (AvgIpc) is 2.29. The monoisotopic (exact) mass is 326 g/mol. The van der Waals surface area contributed by atoms with Crippen LogP contribution in [0.2, 0.25) is 5.02 Å². The molecule has 3 N–H and O–H groups in total. The third kappa shape index (κ3) is 4.22. The molecule has 17 heavy (non-hydrogen) atoms. The van der Waals surface area contributed by atoms with Gasteiger partial charge < -0.3 is 11.1 Å². The van der Waals surface area contributed by atoms with E-state index in [9.17, 15) is 13.6 Å². The molecule has 0 saturated heterocycles. The van der Waals surface area contributed by atoms with E-state index in [1.54, 1.807) is 6.07 Å². The summed E-state index contributed by atoms with van der Waals surface area (Å²) in [4.78, 5) is 11.6. The van der Waals surface area contributed by atoms with Crippen molar-refractivity contribution in [3.05, 3.63) is 33.3 Å². The number of nitrogens with one attached hydrogen (secondary N) is 1. The summed E-state index contributed by atoms with van der Waals surface area (Å²) in [7, 11) is 0. The maximum Gasteiger partial charge on any atom is 0.277 e. The molecule has 0 aliphatic carbocycles. The van der Waals surface area contributed by atoms with Gasteiger partial charge in [0.05, 0.1) is 23.7 Å². The van der Waals surface area contributed by atoms with Gasteiger partial charge in [0.2, 0.25) is 0 Å². The maximum absolute atomic E-state index is 12.8. The Morgan fingerprint density at radius 1 is 1.53 bits per heavy atom. The molecule has 94 valence electrons. The van der Waals surface area contributed by atoms with E-state index in [-0.39, 0.29) is 10.6 Å². The molecule has 0 heterocycles. The van der Waals surface area contributed by atoms with Crippen molar-refractivity contribution in [3.8, 4) is 0 Å². The molecule has 0 aromatic heterocycles. The van der Waals surface area contributed by atoms with Crippen molar-refractivity contribution < 1.29 is 13.6 Å². The third-order valence-electron chi connectivity index (χ3n) is 1.98. The van der Waals surface area contributed by atoms with E-state index in [2.05, 4.69) is 21.2 Å². The van der Waals surface area contributed by atoms with Crippen LogP contribution < -0.4 is 11.1 Å². The average molecular weight is 328 g/mol. The van der Waals surface area contributed by atoms with Crippen molar-refractivity contribution >= 4 is 33.4 Å². The van der Waals surface area contributed by atoms with Crippen LogP contribution in [0.1, 0.15) is 10.4 Å². The van der Waals surface area contributed by atoms with Crippen LogP contribution in [0.25, 0.3) is 0 Å². The molecule has 7 heteroatoms. The van der Waals surface area contributed by atoms with Crippen LogP contribution in [0.5, 0.6) is 0 Å². The van der Waals surface area contributed by atoms with Crippen LogP contribution >= 0.6 is 27.5 Å². The minimum Gasteiger partial charge on any atom is -0.346 e. The number of carbonyl (C=O) groups is 1. The molecule has 3 nitrogen and oxygen atoms in total. The second kappa shape index (κ2) is 5.75. The molecule has 0 spiro atoms. The zero-order chi connectivity index (χ0) is 13.1. The molecule has 0 radical (unpaired) electrons. The van der Waals surface area contributed by atoms with E-state index in [1.165, 1.54) is 12.1 Å². The van der Waals surface area contributed by atoms with Gasteiger partial charge in [0.25, 0.3) is 11.8 Å². The van der Waals surface area contributed by atoms with Gasteiger partial charge in [0, 0.05) is 4.47 Å². The van der Waals surface area contributed by atoms with Gasteiger partial charge in [-0.3, -0.25) is 4.79 Å². The van der Waals surface area contributed by atoms with Gasteiger partial charge in [0.1, 0.15) is 0 Å². The molecule has 0 aliphatic rings. The van der Waals surface area contributed by atoms with Gasteiger partial charge in [-0.2, -0.15) is 0 Å². The smallest absolute Gasteiger partial charge is 0.277 e. The highest BCUT2D eigenvalue weighted by molar-refractivity contribution is 9.10. The Morgan fingerprint density at radius 3 is 2.76 bits per heavy atom. The summed E-state index contributed by atoms with van der Waals surface area (Å²) in [6.07, 6.45) is 0. The van der Waals surface area contributed by atoms with E-state index < -0.39 is 24.9 Å². The predicted molar refractivity (Wildman–Crippen MR) is 65.5 cm³/mol. The number of alkyl halides is 2. The number of hydrogen-bond acceptors (Lipinski definition) is 2. The molecule has 0 bridgehead atoms. The van der Waals surface area contributed by atoms with E-state index >= 15 is 0 Å². The van der Waals surface area contributed by atoms with Crippen molar-refractivity contribution in [1.82, 2.24) is 5.32 Å². The molecular formula is C10H10BrClF2N2O. The largest absolute Gasteiger partial charge is 0.346 e. The molecule has 0 aliphatic heterocycles. The molecule has 0 fully saturated rings. The van der Waals surface area contributed by atoms with Crippen molar-refractivity contribution in [2.45, 2.75) is 5.92 Å². The summed E-state index contributed by atoms with van der Waals surface area (Å²) in [6.45, 7) is -1.63. The normalized spacial score (nSPS) is 11.4. The van der Waals surface area contributed by atoms with Crippen molar-refractivity contribution in [3.63, 3.8) is 0 Å². The fourth-order valence-corrected chi connectivity index (χ4v) is 1.61. The fourth-order valence-electron chi connectivity index (χ4n) is 1.05. The van der Waals surface area contributed by atoms with Crippen LogP contribution in [0.4, 0.5) is 8.78 Å². The van der Waals surface area contributed by atoms with E-state index in [4.69, 9.17) is 17.3 Å². The van der Waals surface area contributed by atoms with Gasteiger partial charge in [-0.05, 0) is 18.2 Å². The molecule has 0 unspecified atom stereocenters. The van der Waals surface area contributed by atoms with Gasteiger partial charge in [-0.25, -0.2) is 8.78 Å². The number of hydrogen-bond donors (Lipinski definition) is 2. The summed E-state index contributed by atoms with van der Waals surface area (Å²) in [5, 5.41) is 2.28. The topological polar surface area (TPSA) is 55.1 Å². The molecule has 1 rings (SSSR count). The summed E-state index contributed by atoms with van der Waals surface area (Å²) >= 11 is 8.94. The summed E-state index contributed by atoms with van der Waals surface area (Å²) in [5.74, 6) is -3.78. The highest BCUT2D eigenvalue weighted by Gasteiger charge is 2.27.